The van der Waals surface area contributed by atoms with Crippen molar-refractivity contribution < 1.29 is 19.4 Å². The molecule has 1 saturated carbocycles. The van der Waals surface area contributed by atoms with Crippen LogP contribution >= 0.6 is 0 Å². The number of nitrogens with one attached hydrogen (secondary N) is 1. The summed E-state index contributed by atoms with van der Waals surface area (Å²) in [5, 5.41) is 12.4. The number of methoxy groups -OCH3 is 1. The molecule has 0 spiro atoms. The van der Waals surface area contributed by atoms with Crippen LogP contribution in [0.2, 0.25) is 0 Å². The van der Waals surface area contributed by atoms with E-state index in [2.05, 4.69) is 5.32 Å². The van der Waals surface area contributed by atoms with Crippen molar-refractivity contribution in [2.75, 3.05) is 7.11 Å². The van der Waals surface area contributed by atoms with Crippen LogP contribution in [0.4, 0.5) is 0 Å². The molecular weight excluding hydrogens is 258 g/mol. The number of hydrogen-bond acceptors (Lipinski definition) is 4. The summed E-state index contributed by atoms with van der Waals surface area (Å²) >= 11 is 0. The zero-order valence-electron chi connectivity index (χ0n) is 12.1. The number of amides is 1. The second-order valence-corrected chi connectivity index (χ2v) is 5.13. The molecule has 20 heavy (non-hydrogen) atoms. The molecule has 1 fully saturated rings. The third-order valence-corrected chi connectivity index (χ3v) is 3.27. The lowest BCUT2D eigenvalue weighted by atomic mass is 10.1. The molecule has 0 aliphatic heterocycles. The summed E-state index contributed by atoms with van der Waals surface area (Å²) in [4.78, 5) is 11.9. The molecule has 110 valence electrons. The Labute approximate surface area is 118 Å². The molecular formula is C15H21NO4. The van der Waals surface area contributed by atoms with Crippen molar-refractivity contribution in [2.45, 2.75) is 44.9 Å². The first-order chi connectivity index (χ1) is 9.51. The first kappa shape index (κ1) is 14.7. The molecule has 5 nitrogen and oxygen atoms in total. The molecule has 0 bridgehead atoms. The maximum atomic E-state index is 11.9. The monoisotopic (exact) mass is 279 g/mol. The molecule has 1 unspecified atom stereocenters. The van der Waals surface area contributed by atoms with Crippen LogP contribution < -0.4 is 14.8 Å². The molecule has 0 saturated heterocycles. The van der Waals surface area contributed by atoms with Crippen LogP contribution in [-0.4, -0.2) is 30.3 Å². The number of aliphatic hydroxyl groups excluding tert-OH is 1. The first-order valence-corrected chi connectivity index (χ1v) is 6.84. The van der Waals surface area contributed by atoms with Gasteiger partial charge in [0.1, 0.15) is 0 Å². The van der Waals surface area contributed by atoms with Crippen molar-refractivity contribution in [3.05, 3.63) is 23.8 Å². The first-order valence-electron chi connectivity index (χ1n) is 6.84. The lowest BCUT2D eigenvalue weighted by molar-refractivity contribution is -0.127. The van der Waals surface area contributed by atoms with E-state index in [0.717, 1.165) is 18.4 Å². The van der Waals surface area contributed by atoms with E-state index in [-0.39, 0.29) is 5.91 Å². The summed E-state index contributed by atoms with van der Waals surface area (Å²) in [5.41, 5.74) is 0.740. The maximum Gasteiger partial charge on any atom is 0.260 e. The topological polar surface area (TPSA) is 67.8 Å². The highest BCUT2D eigenvalue weighted by molar-refractivity contribution is 5.81. The molecule has 1 aromatic carbocycles. The predicted octanol–water partition coefficient (Wildman–Crippen LogP) is 1.79. The molecule has 2 rings (SSSR count). The molecule has 0 aromatic heterocycles. The fourth-order valence-corrected chi connectivity index (χ4v) is 1.83. The zero-order valence-corrected chi connectivity index (χ0v) is 12.1. The number of rotatable bonds is 6. The normalized spacial score (nSPS) is 17.2. The van der Waals surface area contributed by atoms with Gasteiger partial charge in [-0.3, -0.25) is 4.79 Å². The van der Waals surface area contributed by atoms with E-state index in [4.69, 9.17) is 9.47 Å². The number of aliphatic hydroxyl groups is 1. The Hall–Kier alpha value is -1.75. The van der Waals surface area contributed by atoms with E-state index in [0.29, 0.717) is 17.5 Å². The third kappa shape index (κ3) is 3.63. The van der Waals surface area contributed by atoms with Crippen molar-refractivity contribution in [3.8, 4) is 11.5 Å². The molecule has 0 radical (unpaired) electrons. The van der Waals surface area contributed by atoms with Crippen molar-refractivity contribution in [1.82, 2.24) is 5.32 Å². The summed E-state index contributed by atoms with van der Waals surface area (Å²) < 4.78 is 10.9. The molecule has 2 atom stereocenters. The third-order valence-electron chi connectivity index (χ3n) is 3.27. The van der Waals surface area contributed by atoms with Crippen LogP contribution in [0.15, 0.2) is 18.2 Å². The summed E-state index contributed by atoms with van der Waals surface area (Å²) in [6.07, 6.45) is 0.936. The van der Waals surface area contributed by atoms with Crippen LogP contribution in [0.5, 0.6) is 11.5 Å². The minimum absolute atomic E-state index is 0.117. The van der Waals surface area contributed by atoms with Gasteiger partial charge >= 0.3 is 0 Å². The lowest BCUT2D eigenvalue weighted by Crippen LogP contribution is -2.37. The van der Waals surface area contributed by atoms with E-state index >= 15 is 0 Å². The second-order valence-electron chi connectivity index (χ2n) is 5.13. The molecule has 1 amide bonds. The van der Waals surface area contributed by atoms with Gasteiger partial charge in [-0.05, 0) is 44.4 Å². The van der Waals surface area contributed by atoms with Gasteiger partial charge in [-0.25, -0.2) is 0 Å². The van der Waals surface area contributed by atoms with E-state index in [1.165, 1.54) is 7.11 Å². The van der Waals surface area contributed by atoms with Crippen LogP contribution in [0.3, 0.4) is 0 Å². The molecule has 1 aliphatic rings. The van der Waals surface area contributed by atoms with Crippen LogP contribution in [-0.2, 0) is 4.79 Å². The zero-order chi connectivity index (χ0) is 14.7. The number of benzene rings is 1. The van der Waals surface area contributed by atoms with E-state index in [9.17, 15) is 9.90 Å². The van der Waals surface area contributed by atoms with Gasteiger partial charge in [0.25, 0.3) is 5.91 Å². The van der Waals surface area contributed by atoms with Crippen molar-refractivity contribution in [3.63, 3.8) is 0 Å². The summed E-state index contributed by atoms with van der Waals surface area (Å²) in [5.74, 6) is 0.888. The molecule has 5 heteroatoms. The Morgan fingerprint density at radius 1 is 1.35 bits per heavy atom. The Bertz CT molecular complexity index is 483. The Morgan fingerprint density at radius 2 is 2.05 bits per heavy atom. The largest absolute Gasteiger partial charge is 0.493 e. The highest BCUT2D eigenvalue weighted by Crippen LogP contribution is 2.31. The highest BCUT2D eigenvalue weighted by atomic mass is 16.5. The fraction of sp³-hybridized carbons (Fsp3) is 0.533. The fourth-order valence-electron chi connectivity index (χ4n) is 1.83. The van der Waals surface area contributed by atoms with Gasteiger partial charge in [0.05, 0.1) is 13.2 Å². The van der Waals surface area contributed by atoms with E-state index < -0.39 is 12.2 Å². The highest BCUT2D eigenvalue weighted by Gasteiger charge is 2.26. The maximum absolute atomic E-state index is 11.9. The van der Waals surface area contributed by atoms with Gasteiger partial charge in [0, 0.05) is 6.04 Å². The van der Waals surface area contributed by atoms with Crippen LogP contribution in [0.25, 0.3) is 0 Å². The number of ether oxygens (including phenoxy) is 2. The van der Waals surface area contributed by atoms with Crippen molar-refractivity contribution in [2.24, 2.45) is 0 Å². The number of carbonyl (C=O) groups is 1. The molecule has 1 aliphatic carbocycles. The second kappa shape index (κ2) is 6.13. The summed E-state index contributed by atoms with van der Waals surface area (Å²) in [6.45, 7) is 3.39. The summed E-state index contributed by atoms with van der Waals surface area (Å²) in [6, 6.07) is 5.49. The minimum atomic E-state index is -0.582. The SMILES string of the molecule is COc1cc([C@H](C)O)ccc1OC(C)C(=O)NC1CC1. The van der Waals surface area contributed by atoms with Crippen molar-refractivity contribution in [1.29, 1.82) is 0 Å². The molecule has 0 heterocycles. The molecule has 1 aromatic rings. The van der Waals surface area contributed by atoms with Gasteiger partial charge in [-0.1, -0.05) is 6.07 Å². The number of carbonyl (C=O) groups excluding carboxylic acids is 1. The van der Waals surface area contributed by atoms with Gasteiger partial charge in [0.2, 0.25) is 0 Å². The minimum Gasteiger partial charge on any atom is -0.493 e. The Morgan fingerprint density at radius 3 is 2.60 bits per heavy atom. The van der Waals surface area contributed by atoms with E-state index in [1.807, 2.05) is 0 Å². The summed E-state index contributed by atoms with van der Waals surface area (Å²) in [7, 11) is 1.53. The van der Waals surface area contributed by atoms with Crippen molar-refractivity contribution >= 4 is 5.91 Å². The molecule has 2 N–H and O–H groups in total. The van der Waals surface area contributed by atoms with Gasteiger partial charge in [0.15, 0.2) is 17.6 Å². The Balaban J connectivity index is 2.05. The number of hydrogen-bond donors (Lipinski definition) is 2. The average molecular weight is 279 g/mol. The average Bonchev–Trinajstić information content (AvgIpc) is 3.22. The Kier molecular flexibility index (Phi) is 4.49. The standard InChI is InChI=1S/C15H21NO4/c1-9(17)11-4-7-13(14(8-11)19-3)20-10(2)15(18)16-12-5-6-12/h4,7-10,12,17H,5-6H2,1-3H3,(H,16,18)/t9-,10?/m0/s1. The quantitative estimate of drug-likeness (QED) is 0.833. The van der Waals surface area contributed by atoms with Gasteiger partial charge < -0.3 is 19.9 Å². The predicted molar refractivity (Wildman–Crippen MR) is 74.9 cm³/mol. The smallest absolute Gasteiger partial charge is 0.260 e. The van der Waals surface area contributed by atoms with Crippen LogP contribution in [0, 0.1) is 0 Å². The van der Waals surface area contributed by atoms with Crippen LogP contribution in [0.1, 0.15) is 38.4 Å². The van der Waals surface area contributed by atoms with E-state index in [1.54, 1.807) is 32.0 Å². The lowest BCUT2D eigenvalue weighted by Gasteiger charge is -2.17. The van der Waals surface area contributed by atoms with Gasteiger partial charge in [-0.2, -0.15) is 0 Å². The van der Waals surface area contributed by atoms with Gasteiger partial charge in [-0.15, -0.1) is 0 Å².